The summed E-state index contributed by atoms with van der Waals surface area (Å²) in [6.45, 7) is 1.25. The Morgan fingerprint density at radius 2 is 1.92 bits per heavy atom. The Morgan fingerprint density at radius 1 is 1.25 bits per heavy atom. The second-order valence-electron chi connectivity index (χ2n) is 6.12. The highest BCUT2D eigenvalue weighted by Gasteiger charge is 2.72. The molecule has 1 aliphatic rings. The molecule has 0 heterocycles. The number of aliphatic hydroxyl groups excluding tert-OH is 1. The van der Waals surface area contributed by atoms with E-state index in [1.807, 2.05) is 13.0 Å². The zero-order valence-corrected chi connectivity index (χ0v) is 13.8. The quantitative estimate of drug-likeness (QED) is 0.924. The van der Waals surface area contributed by atoms with Crippen molar-refractivity contribution in [2.45, 2.75) is 23.0 Å². The normalized spacial score (nSPS) is 25.9. The number of nitriles is 1. The summed E-state index contributed by atoms with van der Waals surface area (Å²) in [6, 6.07) is 13.8. The van der Waals surface area contributed by atoms with Crippen LogP contribution in [0.15, 0.2) is 53.4 Å². The number of sulfone groups is 1. The minimum absolute atomic E-state index is 0.102. The van der Waals surface area contributed by atoms with E-state index in [-0.39, 0.29) is 4.90 Å². The van der Waals surface area contributed by atoms with Crippen LogP contribution >= 0.6 is 0 Å². The van der Waals surface area contributed by atoms with Crippen molar-refractivity contribution >= 4 is 9.84 Å². The number of aryl methyl sites for hydroxylation is 1. The maximum Gasteiger partial charge on any atom is 0.183 e. The summed E-state index contributed by atoms with van der Waals surface area (Å²) < 4.78 is 39.4. The van der Waals surface area contributed by atoms with Crippen molar-refractivity contribution in [3.63, 3.8) is 0 Å². The Labute approximate surface area is 140 Å². The van der Waals surface area contributed by atoms with Gasteiger partial charge in [-0.3, -0.25) is 0 Å². The molecule has 0 radical (unpaired) electrons. The van der Waals surface area contributed by atoms with Crippen LogP contribution in [-0.2, 0) is 9.84 Å². The summed E-state index contributed by atoms with van der Waals surface area (Å²) in [6.07, 6.45) is 0. The third-order valence-electron chi connectivity index (χ3n) is 4.62. The number of hydrogen-bond donors (Lipinski definition) is 1. The first kappa shape index (κ1) is 16.6. The number of halogens is 1. The Hall–Kier alpha value is -2.23. The second kappa shape index (κ2) is 5.69. The van der Waals surface area contributed by atoms with Gasteiger partial charge in [-0.25, -0.2) is 12.8 Å². The third-order valence-corrected chi connectivity index (χ3v) is 6.91. The predicted molar refractivity (Wildman–Crippen MR) is 86.4 cm³/mol. The second-order valence-corrected chi connectivity index (χ2v) is 8.19. The fraction of sp³-hybridized carbons (Fsp3) is 0.278. The number of benzene rings is 2. The van der Waals surface area contributed by atoms with Gasteiger partial charge < -0.3 is 5.11 Å². The third kappa shape index (κ3) is 2.41. The zero-order chi connectivity index (χ0) is 17.5. The Bertz CT molecular complexity index is 918. The molecule has 0 spiro atoms. The number of nitrogens with zero attached hydrogens (tertiary/aromatic N) is 1. The molecule has 2 aromatic carbocycles. The van der Waals surface area contributed by atoms with Gasteiger partial charge in [-0.05, 0) is 36.8 Å². The van der Waals surface area contributed by atoms with Crippen LogP contribution in [0.3, 0.4) is 0 Å². The Balaban J connectivity index is 2.08. The summed E-state index contributed by atoms with van der Waals surface area (Å²) in [4.78, 5) is 0.102. The van der Waals surface area contributed by atoms with Crippen molar-refractivity contribution in [2.24, 2.45) is 5.41 Å². The highest BCUT2D eigenvalue weighted by atomic mass is 32.2. The summed E-state index contributed by atoms with van der Waals surface area (Å²) in [5.74, 6) is -1.26. The van der Waals surface area contributed by atoms with Crippen LogP contribution in [0.4, 0.5) is 4.39 Å². The molecule has 0 saturated heterocycles. The van der Waals surface area contributed by atoms with Crippen molar-refractivity contribution in [2.75, 3.05) is 6.61 Å². The van der Waals surface area contributed by atoms with Gasteiger partial charge in [0.1, 0.15) is 11.2 Å². The van der Waals surface area contributed by atoms with E-state index in [1.54, 1.807) is 18.2 Å². The molecule has 1 fully saturated rings. The van der Waals surface area contributed by atoms with E-state index in [0.29, 0.717) is 5.56 Å². The molecule has 1 N–H and O–H groups in total. The van der Waals surface area contributed by atoms with Crippen LogP contribution in [0, 0.1) is 29.5 Å². The molecule has 0 aliphatic heterocycles. The molecule has 3 atom stereocenters. The maximum atomic E-state index is 13.5. The highest BCUT2D eigenvalue weighted by molar-refractivity contribution is 7.92. The molecule has 1 aliphatic carbocycles. The van der Waals surface area contributed by atoms with Crippen molar-refractivity contribution in [1.29, 1.82) is 5.26 Å². The number of hydrogen-bond acceptors (Lipinski definition) is 4. The van der Waals surface area contributed by atoms with Crippen molar-refractivity contribution in [3.8, 4) is 6.07 Å². The minimum Gasteiger partial charge on any atom is -0.395 e. The molecular weight excluding hydrogens is 329 g/mol. The predicted octanol–water partition coefficient (Wildman–Crippen LogP) is 2.58. The lowest BCUT2D eigenvalue weighted by atomic mass is 10.0. The van der Waals surface area contributed by atoms with Crippen molar-refractivity contribution < 1.29 is 17.9 Å². The van der Waals surface area contributed by atoms with Gasteiger partial charge in [-0.2, -0.15) is 5.26 Å². The average Bonchev–Trinajstić information content (AvgIpc) is 3.26. The fourth-order valence-corrected chi connectivity index (χ4v) is 5.58. The van der Waals surface area contributed by atoms with Crippen LogP contribution in [0.2, 0.25) is 0 Å². The summed E-state index contributed by atoms with van der Waals surface area (Å²) in [5.41, 5.74) is -0.122. The van der Waals surface area contributed by atoms with Crippen LogP contribution in [-0.4, -0.2) is 25.4 Å². The van der Waals surface area contributed by atoms with Gasteiger partial charge in [0, 0.05) is 5.92 Å². The smallest absolute Gasteiger partial charge is 0.183 e. The Morgan fingerprint density at radius 3 is 2.46 bits per heavy atom. The largest absolute Gasteiger partial charge is 0.395 e. The van der Waals surface area contributed by atoms with E-state index in [9.17, 15) is 23.2 Å². The van der Waals surface area contributed by atoms with Crippen LogP contribution in [0.1, 0.15) is 17.0 Å². The minimum atomic E-state index is -3.83. The lowest BCUT2D eigenvalue weighted by Gasteiger charge is -2.06. The highest BCUT2D eigenvalue weighted by Crippen LogP contribution is 2.63. The lowest BCUT2D eigenvalue weighted by Crippen LogP contribution is -2.18. The van der Waals surface area contributed by atoms with E-state index in [4.69, 9.17) is 0 Å². The van der Waals surface area contributed by atoms with Crippen LogP contribution in [0.25, 0.3) is 0 Å². The van der Waals surface area contributed by atoms with Gasteiger partial charge >= 0.3 is 0 Å². The van der Waals surface area contributed by atoms with E-state index in [0.717, 1.165) is 5.56 Å². The van der Waals surface area contributed by atoms with Crippen LogP contribution < -0.4 is 0 Å². The molecule has 1 saturated carbocycles. The van der Waals surface area contributed by atoms with E-state index >= 15 is 0 Å². The van der Waals surface area contributed by atoms with Crippen LogP contribution in [0.5, 0.6) is 0 Å². The standard InChI is InChI=1S/C18H16FNO3S/c1-12-5-7-15(8-6-12)24(22,23)17-16(18(17,10-20)11-21)13-3-2-4-14(19)9-13/h2-9,16-17,21H,11H2,1H3/t16-,17+,18-/m1/s1. The fourth-order valence-electron chi connectivity index (χ4n) is 3.26. The molecule has 4 nitrogen and oxygen atoms in total. The lowest BCUT2D eigenvalue weighted by molar-refractivity contribution is 0.242. The summed E-state index contributed by atoms with van der Waals surface area (Å²) in [7, 11) is -3.83. The molecule has 24 heavy (non-hydrogen) atoms. The molecule has 0 unspecified atom stereocenters. The Kier molecular flexibility index (Phi) is 3.94. The van der Waals surface area contributed by atoms with Gasteiger partial charge in [0.05, 0.1) is 22.8 Å². The molecule has 0 aromatic heterocycles. The van der Waals surface area contributed by atoms with Gasteiger partial charge in [0.2, 0.25) is 0 Å². The molecule has 124 valence electrons. The summed E-state index contributed by atoms with van der Waals surface area (Å²) >= 11 is 0. The first-order chi connectivity index (χ1) is 11.4. The molecule has 2 aromatic rings. The molecular formula is C18H16FNO3S. The van der Waals surface area contributed by atoms with E-state index in [2.05, 4.69) is 0 Å². The first-order valence-electron chi connectivity index (χ1n) is 7.45. The van der Waals surface area contributed by atoms with Gasteiger partial charge in [-0.1, -0.05) is 29.8 Å². The first-order valence-corrected chi connectivity index (χ1v) is 8.99. The average molecular weight is 345 g/mol. The molecule has 3 rings (SSSR count). The van der Waals surface area contributed by atoms with Crippen molar-refractivity contribution in [3.05, 3.63) is 65.5 Å². The SMILES string of the molecule is Cc1ccc(S(=O)(=O)[C@H]2[C@@H](c3cccc(F)c3)[C@@]2(C#N)CO)cc1. The maximum absolute atomic E-state index is 13.5. The zero-order valence-electron chi connectivity index (χ0n) is 13.0. The van der Waals surface area contributed by atoms with E-state index < -0.39 is 38.8 Å². The van der Waals surface area contributed by atoms with Gasteiger partial charge in [-0.15, -0.1) is 0 Å². The molecule has 0 bridgehead atoms. The monoisotopic (exact) mass is 345 g/mol. The number of rotatable bonds is 4. The summed E-state index contributed by atoms with van der Waals surface area (Å²) in [5, 5.41) is 18.1. The number of aliphatic hydroxyl groups is 1. The van der Waals surface area contributed by atoms with E-state index in [1.165, 1.54) is 30.3 Å². The van der Waals surface area contributed by atoms with Gasteiger partial charge in [0.25, 0.3) is 0 Å². The van der Waals surface area contributed by atoms with Gasteiger partial charge in [0.15, 0.2) is 9.84 Å². The molecule has 0 amide bonds. The topological polar surface area (TPSA) is 78.2 Å². The van der Waals surface area contributed by atoms with Crippen molar-refractivity contribution in [1.82, 2.24) is 0 Å². The molecule has 6 heteroatoms.